The van der Waals surface area contributed by atoms with Crippen molar-refractivity contribution in [3.63, 3.8) is 0 Å². The third kappa shape index (κ3) is 2.70. The van der Waals surface area contributed by atoms with Crippen LogP contribution >= 0.6 is 0 Å². The van der Waals surface area contributed by atoms with Crippen molar-refractivity contribution in [2.75, 3.05) is 5.32 Å². The number of pyridine rings is 1. The maximum absolute atomic E-state index is 8.81. The van der Waals surface area contributed by atoms with E-state index >= 15 is 0 Å². The molecule has 0 aliphatic rings. The van der Waals surface area contributed by atoms with Crippen LogP contribution in [0.2, 0.25) is 0 Å². The Morgan fingerprint density at radius 1 is 1.10 bits per heavy atom. The molecule has 2 aromatic carbocycles. The SMILES string of the molecule is Cc1cccc2c(NCc3ccc(C#N)cc3)ccnc12. The molecule has 0 aliphatic heterocycles. The second-order valence-corrected chi connectivity index (χ2v) is 4.99. The minimum Gasteiger partial charge on any atom is -0.380 e. The molecule has 0 saturated heterocycles. The van der Waals surface area contributed by atoms with Crippen molar-refractivity contribution in [3.05, 3.63) is 71.4 Å². The molecule has 0 aliphatic carbocycles. The van der Waals surface area contributed by atoms with E-state index in [1.165, 1.54) is 5.56 Å². The van der Waals surface area contributed by atoms with E-state index in [-0.39, 0.29) is 0 Å². The summed E-state index contributed by atoms with van der Waals surface area (Å²) in [6.07, 6.45) is 1.83. The lowest BCUT2D eigenvalue weighted by Crippen LogP contribution is -2.00. The van der Waals surface area contributed by atoms with Crippen LogP contribution in [0, 0.1) is 18.3 Å². The van der Waals surface area contributed by atoms with Crippen LogP contribution in [0.1, 0.15) is 16.7 Å². The molecule has 0 atom stereocenters. The highest BCUT2D eigenvalue weighted by Gasteiger charge is 2.03. The van der Waals surface area contributed by atoms with Gasteiger partial charge in [0.15, 0.2) is 0 Å². The fourth-order valence-electron chi connectivity index (χ4n) is 2.37. The number of fused-ring (bicyclic) bond motifs is 1. The van der Waals surface area contributed by atoms with E-state index in [0.717, 1.165) is 28.7 Å². The van der Waals surface area contributed by atoms with Crippen LogP contribution in [0.5, 0.6) is 0 Å². The summed E-state index contributed by atoms with van der Waals surface area (Å²) in [5, 5.41) is 13.4. The Hall–Kier alpha value is -2.86. The highest BCUT2D eigenvalue weighted by molar-refractivity contribution is 5.92. The average molecular weight is 273 g/mol. The van der Waals surface area contributed by atoms with Crippen LogP contribution < -0.4 is 5.32 Å². The Balaban J connectivity index is 1.85. The van der Waals surface area contributed by atoms with Gasteiger partial charge in [-0.3, -0.25) is 4.98 Å². The molecule has 3 heteroatoms. The van der Waals surface area contributed by atoms with Gasteiger partial charge in [0.25, 0.3) is 0 Å². The van der Waals surface area contributed by atoms with Crippen molar-refractivity contribution in [1.29, 1.82) is 5.26 Å². The summed E-state index contributed by atoms with van der Waals surface area (Å²) in [6, 6.07) is 17.9. The quantitative estimate of drug-likeness (QED) is 0.783. The molecule has 1 N–H and O–H groups in total. The number of benzene rings is 2. The van der Waals surface area contributed by atoms with Crippen molar-refractivity contribution >= 4 is 16.6 Å². The number of anilines is 1. The summed E-state index contributed by atoms with van der Waals surface area (Å²) < 4.78 is 0. The summed E-state index contributed by atoms with van der Waals surface area (Å²) in [4.78, 5) is 4.44. The molecule has 3 rings (SSSR count). The van der Waals surface area contributed by atoms with E-state index in [2.05, 4.69) is 35.4 Å². The van der Waals surface area contributed by atoms with Crippen molar-refractivity contribution in [1.82, 2.24) is 4.98 Å². The molecule has 1 heterocycles. The van der Waals surface area contributed by atoms with E-state index in [1.807, 2.05) is 42.6 Å². The third-order valence-corrected chi connectivity index (χ3v) is 3.54. The molecule has 21 heavy (non-hydrogen) atoms. The Morgan fingerprint density at radius 3 is 2.67 bits per heavy atom. The van der Waals surface area contributed by atoms with Gasteiger partial charge in [0.2, 0.25) is 0 Å². The fourth-order valence-corrected chi connectivity index (χ4v) is 2.37. The number of hydrogen-bond donors (Lipinski definition) is 1. The van der Waals surface area contributed by atoms with Gasteiger partial charge in [0.1, 0.15) is 0 Å². The standard InChI is InChI=1S/C18H15N3/c1-13-3-2-4-16-17(9-10-20-18(13)16)21-12-15-7-5-14(11-19)6-8-15/h2-10H,12H2,1H3,(H,20,21). The largest absolute Gasteiger partial charge is 0.380 e. The van der Waals surface area contributed by atoms with Crippen molar-refractivity contribution in [2.45, 2.75) is 13.5 Å². The smallest absolute Gasteiger partial charge is 0.0991 e. The van der Waals surface area contributed by atoms with Gasteiger partial charge in [-0.2, -0.15) is 5.26 Å². The first-order chi connectivity index (χ1) is 10.3. The minimum atomic E-state index is 0.684. The van der Waals surface area contributed by atoms with E-state index in [4.69, 9.17) is 5.26 Å². The molecule has 3 nitrogen and oxygen atoms in total. The molecule has 0 saturated carbocycles. The molecule has 0 bridgehead atoms. The van der Waals surface area contributed by atoms with Crippen LogP contribution in [0.3, 0.4) is 0 Å². The molecular weight excluding hydrogens is 258 g/mol. The van der Waals surface area contributed by atoms with Crippen molar-refractivity contribution in [2.24, 2.45) is 0 Å². The third-order valence-electron chi connectivity index (χ3n) is 3.54. The van der Waals surface area contributed by atoms with Gasteiger partial charge in [-0.25, -0.2) is 0 Å². The summed E-state index contributed by atoms with van der Waals surface area (Å²) >= 11 is 0. The summed E-state index contributed by atoms with van der Waals surface area (Å²) in [5.74, 6) is 0. The molecule has 0 fully saturated rings. The number of nitrogens with zero attached hydrogens (tertiary/aromatic N) is 2. The van der Waals surface area contributed by atoms with Crippen LogP contribution in [0.15, 0.2) is 54.7 Å². The monoisotopic (exact) mass is 273 g/mol. The van der Waals surface area contributed by atoms with Gasteiger partial charge in [0.05, 0.1) is 17.1 Å². The lowest BCUT2D eigenvalue weighted by Gasteiger charge is -2.10. The number of aromatic nitrogens is 1. The van der Waals surface area contributed by atoms with Gasteiger partial charge in [-0.1, -0.05) is 30.3 Å². The average Bonchev–Trinajstić information content (AvgIpc) is 2.54. The lowest BCUT2D eigenvalue weighted by molar-refractivity contribution is 1.15. The molecule has 102 valence electrons. The van der Waals surface area contributed by atoms with Gasteiger partial charge in [-0.15, -0.1) is 0 Å². The zero-order valence-electron chi connectivity index (χ0n) is 11.8. The maximum atomic E-state index is 8.81. The molecule has 0 radical (unpaired) electrons. The second-order valence-electron chi connectivity index (χ2n) is 4.99. The Morgan fingerprint density at radius 2 is 1.90 bits per heavy atom. The molecule has 1 aromatic heterocycles. The summed E-state index contributed by atoms with van der Waals surface area (Å²) in [5.41, 5.74) is 5.11. The second kappa shape index (κ2) is 5.64. The summed E-state index contributed by atoms with van der Waals surface area (Å²) in [7, 11) is 0. The van der Waals surface area contributed by atoms with Crippen LogP contribution in [-0.4, -0.2) is 4.98 Å². The Bertz CT molecular complexity index is 814. The first-order valence-electron chi connectivity index (χ1n) is 6.85. The number of nitrogens with one attached hydrogen (secondary N) is 1. The Kier molecular flexibility index (Phi) is 3.53. The molecule has 0 unspecified atom stereocenters. The highest BCUT2D eigenvalue weighted by Crippen LogP contribution is 2.24. The van der Waals surface area contributed by atoms with E-state index in [1.54, 1.807) is 0 Å². The predicted molar refractivity (Wildman–Crippen MR) is 85.0 cm³/mol. The number of aryl methyl sites for hydroxylation is 1. The topological polar surface area (TPSA) is 48.7 Å². The van der Waals surface area contributed by atoms with Gasteiger partial charge < -0.3 is 5.32 Å². The van der Waals surface area contributed by atoms with Gasteiger partial charge in [0, 0.05) is 23.8 Å². The number of hydrogen-bond acceptors (Lipinski definition) is 3. The number of rotatable bonds is 3. The van der Waals surface area contributed by atoms with Crippen molar-refractivity contribution in [3.8, 4) is 6.07 Å². The first-order valence-corrected chi connectivity index (χ1v) is 6.85. The summed E-state index contributed by atoms with van der Waals surface area (Å²) in [6.45, 7) is 2.79. The van der Waals surface area contributed by atoms with Crippen molar-refractivity contribution < 1.29 is 0 Å². The zero-order valence-corrected chi connectivity index (χ0v) is 11.8. The lowest BCUT2D eigenvalue weighted by atomic mass is 10.1. The normalized spacial score (nSPS) is 10.3. The Labute approximate surface area is 123 Å². The van der Waals surface area contributed by atoms with Gasteiger partial charge >= 0.3 is 0 Å². The van der Waals surface area contributed by atoms with E-state index in [9.17, 15) is 0 Å². The van der Waals surface area contributed by atoms with E-state index < -0.39 is 0 Å². The van der Waals surface area contributed by atoms with Crippen LogP contribution in [0.25, 0.3) is 10.9 Å². The predicted octanol–water partition coefficient (Wildman–Crippen LogP) is 4.03. The molecule has 0 spiro atoms. The number of para-hydroxylation sites is 1. The van der Waals surface area contributed by atoms with Crippen LogP contribution in [0.4, 0.5) is 5.69 Å². The highest BCUT2D eigenvalue weighted by atomic mass is 14.9. The van der Waals surface area contributed by atoms with Gasteiger partial charge in [-0.05, 0) is 36.2 Å². The molecular formula is C18H15N3. The fraction of sp³-hybridized carbons (Fsp3) is 0.111. The maximum Gasteiger partial charge on any atom is 0.0991 e. The van der Waals surface area contributed by atoms with Crippen LogP contribution in [-0.2, 0) is 6.54 Å². The molecule has 3 aromatic rings. The molecule has 0 amide bonds. The number of nitriles is 1. The van der Waals surface area contributed by atoms with E-state index in [0.29, 0.717) is 5.56 Å². The minimum absolute atomic E-state index is 0.684. The zero-order chi connectivity index (χ0) is 14.7. The first kappa shape index (κ1) is 13.1.